The van der Waals surface area contributed by atoms with Crippen LogP contribution in [0.5, 0.6) is 0 Å². The maximum absolute atomic E-state index is 13.5. The summed E-state index contributed by atoms with van der Waals surface area (Å²) in [7, 11) is 0. The molecule has 3 rings (SSSR count). The van der Waals surface area contributed by atoms with Gasteiger partial charge >= 0.3 is 18.3 Å². The highest BCUT2D eigenvalue weighted by atomic mass is 19.4. The van der Waals surface area contributed by atoms with Crippen LogP contribution in [0.2, 0.25) is 0 Å². The molecule has 1 heterocycles. The summed E-state index contributed by atoms with van der Waals surface area (Å²) in [6.45, 7) is 3.76. The number of ether oxygens (including phenoxy) is 1. The summed E-state index contributed by atoms with van der Waals surface area (Å²) in [6, 6.07) is 1.38. The van der Waals surface area contributed by atoms with Crippen molar-refractivity contribution in [2.24, 2.45) is 11.3 Å². The molecule has 0 bridgehead atoms. The van der Waals surface area contributed by atoms with E-state index >= 15 is 0 Å². The number of hydrogen-bond donors (Lipinski definition) is 2. The Balaban J connectivity index is 1.81. The first-order valence-electron chi connectivity index (χ1n) is 11.9. The molecule has 3 N–H and O–H groups in total. The number of nitrogens with zero attached hydrogens (tertiary/aromatic N) is 1. The molecular formula is C24H31F6N3O3. The van der Waals surface area contributed by atoms with Crippen LogP contribution in [0.15, 0.2) is 18.2 Å². The lowest BCUT2D eigenvalue weighted by Crippen LogP contribution is -2.54. The van der Waals surface area contributed by atoms with Crippen LogP contribution in [0, 0.1) is 11.3 Å². The van der Waals surface area contributed by atoms with Crippen molar-refractivity contribution in [3.05, 3.63) is 29.3 Å². The normalized spacial score (nSPS) is 23.6. The summed E-state index contributed by atoms with van der Waals surface area (Å²) in [5, 5.41) is 2.65. The molecule has 12 heteroatoms. The molecule has 1 aliphatic heterocycles. The van der Waals surface area contributed by atoms with Gasteiger partial charge in [-0.15, -0.1) is 0 Å². The number of nitrogens with two attached hydrogens (primary N) is 1. The molecule has 0 aromatic heterocycles. The largest absolute Gasteiger partial charge is 0.471 e. The molecule has 36 heavy (non-hydrogen) atoms. The first-order valence-corrected chi connectivity index (χ1v) is 11.9. The van der Waals surface area contributed by atoms with E-state index in [1.807, 2.05) is 0 Å². The Bertz CT molecular complexity index is 959. The molecule has 1 saturated heterocycles. The van der Waals surface area contributed by atoms with E-state index in [-0.39, 0.29) is 69.0 Å². The van der Waals surface area contributed by atoms with Gasteiger partial charge in [0.25, 0.3) is 0 Å². The zero-order valence-electron chi connectivity index (χ0n) is 20.1. The molecule has 2 aliphatic rings. The zero-order valence-corrected chi connectivity index (χ0v) is 20.1. The van der Waals surface area contributed by atoms with Crippen molar-refractivity contribution in [2.75, 3.05) is 18.9 Å². The quantitative estimate of drug-likeness (QED) is 0.419. The average molecular weight is 524 g/mol. The fourth-order valence-electron chi connectivity index (χ4n) is 5.31. The number of carbonyl (C=O) groups excluding carboxylic acids is 2. The van der Waals surface area contributed by atoms with Gasteiger partial charge in [-0.3, -0.25) is 9.59 Å². The van der Waals surface area contributed by atoms with Crippen LogP contribution in [0.25, 0.3) is 0 Å². The average Bonchev–Trinajstić information content (AvgIpc) is 3.24. The molecule has 0 radical (unpaired) electrons. The molecule has 0 unspecified atom stereocenters. The first kappa shape index (κ1) is 28.1. The van der Waals surface area contributed by atoms with Gasteiger partial charge in [-0.05, 0) is 61.8 Å². The SMILES string of the molecule is CC(C)[C@]1(C(=O)NCc2cc(C(F)(F)F)ccc2N)CC[C@@H](N(C(=O)C(F)(F)F)C2CCOCC2)C1. The Labute approximate surface area is 205 Å². The minimum atomic E-state index is -5.05. The minimum Gasteiger partial charge on any atom is -0.398 e. The van der Waals surface area contributed by atoms with Gasteiger partial charge in [-0.25, -0.2) is 0 Å². The number of carbonyl (C=O) groups is 2. The van der Waals surface area contributed by atoms with Crippen molar-refractivity contribution in [3.8, 4) is 0 Å². The van der Waals surface area contributed by atoms with E-state index in [0.29, 0.717) is 0 Å². The van der Waals surface area contributed by atoms with Crippen LogP contribution >= 0.6 is 0 Å². The van der Waals surface area contributed by atoms with Crippen molar-refractivity contribution in [2.45, 2.75) is 76.9 Å². The van der Waals surface area contributed by atoms with Crippen molar-refractivity contribution in [3.63, 3.8) is 0 Å². The summed E-state index contributed by atoms with van der Waals surface area (Å²) >= 11 is 0. The predicted molar refractivity (Wildman–Crippen MR) is 119 cm³/mol. The second-order valence-electron chi connectivity index (χ2n) is 9.86. The van der Waals surface area contributed by atoms with Gasteiger partial charge in [-0.2, -0.15) is 26.3 Å². The van der Waals surface area contributed by atoms with Gasteiger partial charge in [-0.1, -0.05) is 13.8 Å². The number of nitrogen functional groups attached to an aromatic ring is 1. The molecule has 1 aliphatic carbocycles. The van der Waals surface area contributed by atoms with Gasteiger partial charge in [0.05, 0.1) is 11.0 Å². The Hall–Kier alpha value is -2.50. The van der Waals surface area contributed by atoms with E-state index in [9.17, 15) is 35.9 Å². The van der Waals surface area contributed by atoms with Crippen LogP contribution in [0.1, 0.15) is 57.1 Å². The number of alkyl halides is 6. The molecular weight excluding hydrogens is 492 g/mol. The van der Waals surface area contributed by atoms with Crippen LogP contribution in [0.3, 0.4) is 0 Å². The molecule has 1 saturated carbocycles. The summed E-state index contributed by atoms with van der Waals surface area (Å²) in [5.41, 5.74) is 3.98. The van der Waals surface area contributed by atoms with E-state index in [0.717, 1.165) is 23.1 Å². The Morgan fingerprint density at radius 1 is 1.11 bits per heavy atom. The van der Waals surface area contributed by atoms with Crippen molar-refractivity contribution >= 4 is 17.5 Å². The third-order valence-electron chi connectivity index (χ3n) is 7.45. The van der Waals surface area contributed by atoms with E-state index in [4.69, 9.17) is 10.5 Å². The lowest BCUT2D eigenvalue weighted by molar-refractivity contribution is -0.192. The topological polar surface area (TPSA) is 84.7 Å². The van der Waals surface area contributed by atoms with Gasteiger partial charge in [0, 0.05) is 37.5 Å². The highest BCUT2D eigenvalue weighted by Crippen LogP contribution is 2.47. The van der Waals surface area contributed by atoms with E-state index in [1.54, 1.807) is 13.8 Å². The summed E-state index contributed by atoms with van der Waals surface area (Å²) in [5.74, 6) is -2.70. The van der Waals surface area contributed by atoms with Crippen molar-refractivity contribution in [1.29, 1.82) is 0 Å². The first-order chi connectivity index (χ1) is 16.7. The van der Waals surface area contributed by atoms with Crippen molar-refractivity contribution in [1.82, 2.24) is 10.2 Å². The maximum Gasteiger partial charge on any atom is 0.471 e. The lowest BCUT2D eigenvalue weighted by atomic mass is 9.74. The Morgan fingerprint density at radius 3 is 2.31 bits per heavy atom. The summed E-state index contributed by atoms with van der Waals surface area (Å²) < 4.78 is 85.0. The third kappa shape index (κ3) is 5.90. The molecule has 6 nitrogen and oxygen atoms in total. The molecule has 2 fully saturated rings. The predicted octanol–water partition coefficient (Wildman–Crippen LogP) is 4.67. The Morgan fingerprint density at radius 2 is 1.75 bits per heavy atom. The second kappa shape index (κ2) is 10.5. The standard InChI is InChI=1S/C24H31F6N3O3/c1-14(2)22(20(34)32-13-15-11-16(23(25,26)27)3-4-19(15)31)8-5-18(12-22)33(21(35)24(28,29)30)17-6-9-36-10-7-17/h3-4,11,14,17-18H,5-10,12-13,31H2,1-2H3,(H,32,34)/t18-,22+/m1/s1. The fraction of sp³-hybridized carbons (Fsp3) is 0.667. The number of nitrogens with one attached hydrogen (secondary N) is 1. The number of hydrogen-bond acceptors (Lipinski definition) is 4. The van der Waals surface area contributed by atoms with Crippen LogP contribution in [0.4, 0.5) is 32.0 Å². The van der Waals surface area contributed by atoms with Gasteiger partial charge in [0.1, 0.15) is 0 Å². The molecule has 2 atom stereocenters. The highest BCUT2D eigenvalue weighted by Gasteiger charge is 2.54. The number of amides is 2. The Kier molecular flexibility index (Phi) is 8.17. The monoisotopic (exact) mass is 523 g/mol. The molecule has 2 amide bonds. The molecule has 0 spiro atoms. The van der Waals surface area contributed by atoms with E-state index < -0.39 is 47.2 Å². The smallest absolute Gasteiger partial charge is 0.398 e. The number of benzene rings is 1. The fourth-order valence-corrected chi connectivity index (χ4v) is 5.31. The lowest BCUT2D eigenvalue weighted by Gasteiger charge is -2.40. The summed E-state index contributed by atoms with van der Waals surface area (Å²) in [4.78, 5) is 26.7. The van der Waals surface area contributed by atoms with Crippen LogP contribution in [-0.2, 0) is 27.0 Å². The number of halogens is 6. The zero-order chi connectivity index (χ0) is 26.9. The van der Waals surface area contributed by atoms with Crippen LogP contribution < -0.4 is 11.1 Å². The second-order valence-corrected chi connectivity index (χ2v) is 9.86. The molecule has 202 valence electrons. The van der Waals surface area contributed by atoms with Crippen molar-refractivity contribution < 1.29 is 40.7 Å². The van der Waals surface area contributed by atoms with E-state index in [1.165, 1.54) is 0 Å². The van der Waals surface area contributed by atoms with Gasteiger partial charge in [0.15, 0.2) is 0 Å². The third-order valence-corrected chi connectivity index (χ3v) is 7.45. The van der Waals surface area contributed by atoms with Crippen LogP contribution in [-0.4, -0.2) is 48.2 Å². The summed E-state index contributed by atoms with van der Waals surface area (Å²) in [6.07, 6.45) is -8.62. The molecule has 1 aromatic carbocycles. The van der Waals surface area contributed by atoms with Gasteiger partial charge < -0.3 is 20.7 Å². The number of anilines is 1. The maximum atomic E-state index is 13.5. The van der Waals surface area contributed by atoms with E-state index in [2.05, 4.69) is 5.32 Å². The molecule has 1 aromatic rings. The van der Waals surface area contributed by atoms with Gasteiger partial charge in [0.2, 0.25) is 5.91 Å². The number of rotatable bonds is 6. The highest BCUT2D eigenvalue weighted by molar-refractivity contribution is 5.85. The minimum absolute atomic E-state index is 0.0216.